The van der Waals surface area contributed by atoms with Gasteiger partial charge in [-0.1, -0.05) is 18.2 Å². The molecule has 5 nitrogen and oxygen atoms in total. The first-order valence-corrected chi connectivity index (χ1v) is 9.16. The van der Waals surface area contributed by atoms with Gasteiger partial charge in [0, 0.05) is 10.2 Å². The SMILES string of the molecule is Cc1ccc(NC(=O)CN(C)CC(=O)Nc2cccc(C)c2C)c(Br)c1. The van der Waals surface area contributed by atoms with Crippen LogP contribution in [0.25, 0.3) is 0 Å². The van der Waals surface area contributed by atoms with Gasteiger partial charge < -0.3 is 10.6 Å². The lowest BCUT2D eigenvalue weighted by Gasteiger charge is -2.17. The molecular weight excluding hydrogens is 394 g/mol. The summed E-state index contributed by atoms with van der Waals surface area (Å²) in [4.78, 5) is 26.1. The van der Waals surface area contributed by atoms with Gasteiger partial charge in [0.25, 0.3) is 0 Å². The fourth-order valence-electron chi connectivity index (χ4n) is 2.53. The van der Waals surface area contributed by atoms with Gasteiger partial charge in [0.05, 0.1) is 18.8 Å². The van der Waals surface area contributed by atoms with Crippen molar-refractivity contribution < 1.29 is 9.59 Å². The van der Waals surface area contributed by atoms with Crippen LogP contribution in [0.2, 0.25) is 0 Å². The molecule has 0 aliphatic heterocycles. The number of rotatable bonds is 6. The molecule has 0 bridgehead atoms. The molecule has 26 heavy (non-hydrogen) atoms. The maximum Gasteiger partial charge on any atom is 0.238 e. The number of hydrogen-bond acceptors (Lipinski definition) is 3. The van der Waals surface area contributed by atoms with Crippen molar-refractivity contribution in [3.05, 3.63) is 57.6 Å². The summed E-state index contributed by atoms with van der Waals surface area (Å²) in [6.45, 7) is 6.22. The molecule has 2 rings (SSSR count). The molecule has 0 atom stereocenters. The lowest BCUT2D eigenvalue weighted by molar-refractivity contribution is -0.119. The van der Waals surface area contributed by atoms with E-state index in [1.165, 1.54) is 0 Å². The molecule has 0 saturated heterocycles. The van der Waals surface area contributed by atoms with E-state index in [0.717, 1.165) is 26.9 Å². The third-order valence-corrected chi connectivity index (χ3v) is 4.76. The van der Waals surface area contributed by atoms with Gasteiger partial charge in [0.2, 0.25) is 11.8 Å². The molecule has 2 aromatic carbocycles. The van der Waals surface area contributed by atoms with Crippen LogP contribution < -0.4 is 10.6 Å². The van der Waals surface area contributed by atoms with Crippen molar-refractivity contribution in [1.29, 1.82) is 0 Å². The summed E-state index contributed by atoms with van der Waals surface area (Å²) in [7, 11) is 1.74. The fourth-order valence-corrected chi connectivity index (χ4v) is 3.13. The van der Waals surface area contributed by atoms with Gasteiger partial charge in [0.1, 0.15) is 0 Å². The van der Waals surface area contributed by atoms with Gasteiger partial charge in [-0.05, 0) is 78.6 Å². The van der Waals surface area contributed by atoms with Gasteiger partial charge >= 0.3 is 0 Å². The van der Waals surface area contributed by atoms with E-state index in [0.29, 0.717) is 5.69 Å². The summed E-state index contributed by atoms with van der Waals surface area (Å²) < 4.78 is 0.834. The Morgan fingerprint density at radius 3 is 2.19 bits per heavy atom. The van der Waals surface area contributed by atoms with Crippen molar-refractivity contribution in [1.82, 2.24) is 4.90 Å². The van der Waals surface area contributed by atoms with Crippen LogP contribution in [-0.2, 0) is 9.59 Å². The van der Waals surface area contributed by atoms with Crippen LogP contribution >= 0.6 is 15.9 Å². The highest BCUT2D eigenvalue weighted by molar-refractivity contribution is 9.10. The number of halogens is 1. The van der Waals surface area contributed by atoms with Crippen molar-refractivity contribution in [2.75, 3.05) is 30.8 Å². The van der Waals surface area contributed by atoms with Crippen molar-refractivity contribution in [3.8, 4) is 0 Å². The van der Waals surface area contributed by atoms with E-state index < -0.39 is 0 Å². The Labute approximate surface area is 162 Å². The number of carbonyl (C=O) groups is 2. The van der Waals surface area contributed by atoms with E-state index in [4.69, 9.17) is 0 Å². The normalized spacial score (nSPS) is 10.7. The summed E-state index contributed by atoms with van der Waals surface area (Å²) in [5, 5.41) is 5.75. The number of carbonyl (C=O) groups excluding carboxylic acids is 2. The Kier molecular flexibility index (Phi) is 6.94. The van der Waals surface area contributed by atoms with Crippen LogP contribution in [0.4, 0.5) is 11.4 Å². The molecule has 0 heterocycles. The van der Waals surface area contributed by atoms with E-state index in [9.17, 15) is 9.59 Å². The molecule has 0 radical (unpaired) electrons. The molecule has 0 aliphatic carbocycles. The smallest absolute Gasteiger partial charge is 0.238 e. The van der Waals surface area contributed by atoms with Gasteiger partial charge in [-0.25, -0.2) is 0 Å². The Hall–Kier alpha value is -2.18. The van der Waals surface area contributed by atoms with Crippen LogP contribution in [0.5, 0.6) is 0 Å². The van der Waals surface area contributed by atoms with Crippen molar-refractivity contribution in [3.63, 3.8) is 0 Å². The van der Waals surface area contributed by atoms with Gasteiger partial charge in [-0.15, -0.1) is 0 Å². The van der Waals surface area contributed by atoms with E-state index >= 15 is 0 Å². The quantitative estimate of drug-likeness (QED) is 0.749. The Morgan fingerprint density at radius 2 is 1.58 bits per heavy atom. The predicted octanol–water partition coefficient (Wildman–Crippen LogP) is 3.88. The molecule has 0 aliphatic rings. The average Bonchev–Trinajstić information content (AvgIpc) is 2.54. The molecule has 0 fully saturated rings. The first kappa shape index (κ1) is 20.1. The Morgan fingerprint density at radius 1 is 0.962 bits per heavy atom. The third-order valence-electron chi connectivity index (χ3n) is 4.10. The second kappa shape index (κ2) is 8.96. The largest absolute Gasteiger partial charge is 0.325 e. The number of benzene rings is 2. The first-order valence-electron chi connectivity index (χ1n) is 8.37. The van der Waals surface area contributed by atoms with Crippen molar-refractivity contribution >= 4 is 39.1 Å². The first-order chi connectivity index (χ1) is 12.3. The number of anilines is 2. The minimum atomic E-state index is -0.170. The maximum atomic E-state index is 12.2. The number of nitrogens with one attached hydrogen (secondary N) is 2. The van der Waals surface area contributed by atoms with Gasteiger partial charge in [-0.2, -0.15) is 0 Å². The molecular formula is C20H24BrN3O2. The number of likely N-dealkylation sites (N-methyl/N-ethyl adjacent to an activating group) is 1. The van der Waals surface area contributed by atoms with Crippen molar-refractivity contribution in [2.24, 2.45) is 0 Å². The summed E-state index contributed by atoms with van der Waals surface area (Å²) in [6, 6.07) is 11.5. The second-order valence-corrected chi connectivity index (χ2v) is 7.35. The molecule has 138 valence electrons. The number of nitrogens with zero attached hydrogens (tertiary/aromatic N) is 1. The summed E-state index contributed by atoms with van der Waals surface area (Å²) in [5.74, 6) is -0.317. The monoisotopic (exact) mass is 417 g/mol. The summed E-state index contributed by atoms with van der Waals surface area (Å²) >= 11 is 3.44. The molecule has 2 N–H and O–H groups in total. The number of hydrogen-bond donors (Lipinski definition) is 2. The third kappa shape index (κ3) is 5.68. The molecule has 6 heteroatoms. The fraction of sp³-hybridized carbons (Fsp3) is 0.300. The van der Waals surface area contributed by atoms with Crippen molar-refractivity contribution in [2.45, 2.75) is 20.8 Å². The molecule has 2 amide bonds. The van der Waals surface area contributed by atoms with Gasteiger partial charge in [-0.3, -0.25) is 14.5 Å². The van der Waals surface area contributed by atoms with E-state index in [1.807, 2.05) is 57.2 Å². The lowest BCUT2D eigenvalue weighted by Crippen LogP contribution is -2.36. The minimum absolute atomic E-state index is 0.126. The highest BCUT2D eigenvalue weighted by atomic mass is 79.9. The molecule has 0 aromatic heterocycles. The van der Waals surface area contributed by atoms with E-state index in [2.05, 4.69) is 26.6 Å². The number of aryl methyl sites for hydroxylation is 2. The van der Waals surface area contributed by atoms with Gasteiger partial charge in [0.15, 0.2) is 0 Å². The standard InChI is InChI=1S/C20H24BrN3O2/c1-13-8-9-18(16(21)10-13)23-20(26)12-24(4)11-19(25)22-17-7-5-6-14(2)15(17)3/h5-10H,11-12H2,1-4H3,(H,22,25)(H,23,26). The highest BCUT2D eigenvalue weighted by Gasteiger charge is 2.13. The van der Waals surface area contributed by atoms with Crippen LogP contribution in [0.3, 0.4) is 0 Å². The predicted molar refractivity (Wildman–Crippen MR) is 110 cm³/mol. The van der Waals surface area contributed by atoms with Crippen LogP contribution in [0, 0.1) is 20.8 Å². The Bertz CT molecular complexity index is 821. The van der Waals surface area contributed by atoms with E-state index in [1.54, 1.807) is 11.9 Å². The maximum absolute atomic E-state index is 12.2. The number of amides is 2. The average molecular weight is 418 g/mol. The zero-order valence-electron chi connectivity index (χ0n) is 15.5. The van der Waals surface area contributed by atoms with Crippen LogP contribution in [0.1, 0.15) is 16.7 Å². The second-order valence-electron chi connectivity index (χ2n) is 6.50. The van der Waals surface area contributed by atoms with E-state index in [-0.39, 0.29) is 24.9 Å². The summed E-state index contributed by atoms with van der Waals surface area (Å²) in [6.07, 6.45) is 0. The zero-order valence-corrected chi connectivity index (χ0v) is 17.1. The topological polar surface area (TPSA) is 61.4 Å². The lowest BCUT2D eigenvalue weighted by atomic mass is 10.1. The van der Waals surface area contributed by atoms with Crippen LogP contribution in [-0.4, -0.2) is 36.9 Å². The molecule has 0 unspecified atom stereocenters. The molecule has 0 spiro atoms. The molecule has 2 aromatic rings. The minimum Gasteiger partial charge on any atom is -0.325 e. The van der Waals surface area contributed by atoms with Crippen LogP contribution in [0.15, 0.2) is 40.9 Å². The highest BCUT2D eigenvalue weighted by Crippen LogP contribution is 2.23. The zero-order chi connectivity index (χ0) is 19.3. The Balaban J connectivity index is 1.87. The molecule has 0 saturated carbocycles. The summed E-state index contributed by atoms with van der Waals surface area (Å²) in [5.41, 5.74) is 4.80.